The summed E-state index contributed by atoms with van der Waals surface area (Å²) in [4.78, 5) is 37.5. The van der Waals surface area contributed by atoms with Gasteiger partial charge in [0.1, 0.15) is 18.8 Å². The van der Waals surface area contributed by atoms with Crippen LogP contribution >= 0.6 is 0 Å². The number of carbonyl (C=O) groups excluding carboxylic acids is 3. The summed E-state index contributed by atoms with van der Waals surface area (Å²) in [6.07, 6.45) is 2.38. The highest BCUT2D eigenvalue weighted by Gasteiger charge is 2.71. The van der Waals surface area contributed by atoms with Crippen molar-refractivity contribution >= 4 is 17.9 Å². The van der Waals surface area contributed by atoms with Gasteiger partial charge in [-0.2, -0.15) is 0 Å². The van der Waals surface area contributed by atoms with Gasteiger partial charge in [-0.1, -0.05) is 18.7 Å². The SMILES string of the molecule is C=C1C(=O)O[C@H]2[C@H]1[C@H](OC(=O)/C(=C/CO)COC(=O)/C(C)=C/CO)CC(=C)[C@@H]1C[C@H]3O[C@@]3(C)[C@H]21. The minimum absolute atomic E-state index is 0.0485. The average Bonchev–Trinajstić information content (AvgIpc) is 3.25. The molecule has 2 aliphatic carbocycles. The Labute approximate surface area is 197 Å². The van der Waals surface area contributed by atoms with E-state index in [1.165, 1.54) is 19.1 Å². The molecule has 0 aromatic carbocycles. The van der Waals surface area contributed by atoms with Crippen LogP contribution in [0.4, 0.5) is 0 Å². The Balaban J connectivity index is 1.53. The number of aliphatic hydroxyl groups is 2. The van der Waals surface area contributed by atoms with Crippen molar-refractivity contribution in [2.24, 2.45) is 17.8 Å². The van der Waals surface area contributed by atoms with Gasteiger partial charge in [-0.3, -0.25) is 0 Å². The maximum Gasteiger partial charge on any atom is 0.337 e. The molecule has 7 atom stereocenters. The average molecular weight is 475 g/mol. The van der Waals surface area contributed by atoms with E-state index in [0.717, 1.165) is 12.0 Å². The Morgan fingerprint density at radius 2 is 1.91 bits per heavy atom. The van der Waals surface area contributed by atoms with E-state index in [1.807, 2.05) is 6.92 Å². The van der Waals surface area contributed by atoms with E-state index in [1.54, 1.807) is 0 Å². The molecular formula is C25H30O9. The van der Waals surface area contributed by atoms with Gasteiger partial charge in [0.25, 0.3) is 0 Å². The molecule has 9 heteroatoms. The molecule has 2 saturated carbocycles. The number of carbonyl (C=O) groups is 3. The molecule has 0 radical (unpaired) electrons. The standard InChI is InChI=1S/C25H30O9/c1-12(5-7-26)22(28)31-11-15(6-8-27)24(30)32-17-9-13(2)16-10-18-25(4,34-18)20(16)21-19(17)14(3)23(29)33-21/h5-6,16-21,26-27H,2-3,7-11H2,1,4H3/b12-5+,15-6+/t16-,17+,18+,19+,20-,21-,25+/m0/s1. The molecule has 2 heterocycles. The molecule has 2 aliphatic heterocycles. The van der Waals surface area contributed by atoms with Gasteiger partial charge in [0.05, 0.1) is 36.4 Å². The number of esters is 3. The van der Waals surface area contributed by atoms with Crippen molar-refractivity contribution < 1.29 is 43.5 Å². The smallest absolute Gasteiger partial charge is 0.337 e. The van der Waals surface area contributed by atoms with Crippen LogP contribution in [0.2, 0.25) is 0 Å². The number of rotatable bonds is 7. The molecule has 0 bridgehead atoms. The summed E-state index contributed by atoms with van der Waals surface area (Å²) in [7, 11) is 0. The summed E-state index contributed by atoms with van der Waals surface area (Å²) in [5.74, 6) is -2.59. The highest BCUT2D eigenvalue weighted by atomic mass is 16.6. The number of fused-ring (bicyclic) bond motifs is 5. The normalized spacial score (nSPS) is 36.8. The van der Waals surface area contributed by atoms with Gasteiger partial charge in [-0.25, -0.2) is 14.4 Å². The first-order chi connectivity index (χ1) is 16.1. The molecule has 0 amide bonds. The molecule has 0 aromatic heterocycles. The molecule has 34 heavy (non-hydrogen) atoms. The summed E-state index contributed by atoms with van der Waals surface area (Å²) in [6.45, 7) is 10.4. The fourth-order valence-electron chi connectivity index (χ4n) is 5.59. The third-order valence-electron chi connectivity index (χ3n) is 7.48. The Morgan fingerprint density at radius 3 is 2.59 bits per heavy atom. The van der Waals surface area contributed by atoms with E-state index in [9.17, 15) is 19.5 Å². The minimum Gasteiger partial charge on any atom is -0.458 e. The molecule has 0 unspecified atom stereocenters. The van der Waals surface area contributed by atoms with Gasteiger partial charge in [-0.15, -0.1) is 0 Å². The summed E-state index contributed by atoms with van der Waals surface area (Å²) in [5.41, 5.74) is 0.874. The lowest BCUT2D eigenvalue weighted by Gasteiger charge is -2.31. The third-order valence-corrected chi connectivity index (χ3v) is 7.48. The first-order valence-electron chi connectivity index (χ1n) is 11.3. The zero-order valence-corrected chi connectivity index (χ0v) is 19.3. The van der Waals surface area contributed by atoms with Crippen LogP contribution < -0.4 is 0 Å². The topological polar surface area (TPSA) is 132 Å². The van der Waals surface area contributed by atoms with Crippen LogP contribution in [0.5, 0.6) is 0 Å². The predicted molar refractivity (Wildman–Crippen MR) is 118 cm³/mol. The van der Waals surface area contributed by atoms with Gasteiger partial charge < -0.3 is 29.2 Å². The fourth-order valence-corrected chi connectivity index (χ4v) is 5.59. The lowest BCUT2D eigenvalue weighted by atomic mass is 9.78. The Kier molecular flexibility index (Phi) is 6.54. The van der Waals surface area contributed by atoms with Crippen molar-refractivity contribution in [3.05, 3.63) is 47.6 Å². The monoisotopic (exact) mass is 474 g/mol. The number of hydrogen-bond donors (Lipinski definition) is 2. The number of ether oxygens (including phenoxy) is 4. The van der Waals surface area contributed by atoms with Gasteiger partial charge in [-0.05, 0) is 38.3 Å². The lowest BCUT2D eigenvalue weighted by molar-refractivity contribution is -0.150. The zero-order valence-electron chi connectivity index (χ0n) is 19.3. The third kappa shape index (κ3) is 4.12. The van der Waals surface area contributed by atoms with Crippen molar-refractivity contribution in [3.63, 3.8) is 0 Å². The lowest BCUT2D eigenvalue weighted by Crippen LogP contribution is -2.41. The van der Waals surface area contributed by atoms with E-state index in [2.05, 4.69) is 13.2 Å². The second-order valence-corrected chi connectivity index (χ2v) is 9.44. The summed E-state index contributed by atoms with van der Waals surface area (Å²) >= 11 is 0. The zero-order chi connectivity index (χ0) is 24.8. The summed E-state index contributed by atoms with van der Waals surface area (Å²) in [6, 6.07) is 0. The molecule has 2 saturated heterocycles. The van der Waals surface area contributed by atoms with Crippen LogP contribution in [0.25, 0.3) is 0 Å². The van der Waals surface area contributed by atoms with Gasteiger partial charge in [0.15, 0.2) is 0 Å². The van der Waals surface area contributed by atoms with Crippen LogP contribution in [-0.2, 0) is 33.3 Å². The van der Waals surface area contributed by atoms with Crippen LogP contribution in [0.15, 0.2) is 47.6 Å². The molecule has 4 fully saturated rings. The minimum atomic E-state index is -0.784. The van der Waals surface area contributed by atoms with Gasteiger partial charge in [0, 0.05) is 23.5 Å². The van der Waals surface area contributed by atoms with Crippen molar-refractivity contribution in [2.45, 2.75) is 50.6 Å². The van der Waals surface area contributed by atoms with Gasteiger partial charge in [0.2, 0.25) is 0 Å². The van der Waals surface area contributed by atoms with Crippen molar-refractivity contribution in [1.82, 2.24) is 0 Å². The van der Waals surface area contributed by atoms with E-state index < -0.39 is 54.8 Å². The second-order valence-electron chi connectivity index (χ2n) is 9.44. The van der Waals surface area contributed by atoms with Crippen LogP contribution in [-0.4, -0.2) is 71.9 Å². The van der Waals surface area contributed by atoms with Crippen LogP contribution in [0.3, 0.4) is 0 Å². The van der Waals surface area contributed by atoms with Crippen LogP contribution in [0.1, 0.15) is 26.7 Å². The maximum absolute atomic E-state index is 13.0. The van der Waals surface area contributed by atoms with Crippen molar-refractivity contribution in [3.8, 4) is 0 Å². The molecule has 4 aliphatic rings. The first-order valence-corrected chi connectivity index (χ1v) is 11.3. The predicted octanol–water partition coefficient (Wildman–Crippen LogP) is 1.15. The molecule has 2 N–H and O–H groups in total. The number of aliphatic hydroxyl groups excluding tert-OH is 2. The quantitative estimate of drug-likeness (QED) is 0.183. The van der Waals surface area contributed by atoms with Crippen LogP contribution in [0, 0.1) is 17.8 Å². The van der Waals surface area contributed by atoms with Crippen molar-refractivity contribution in [2.75, 3.05) is 19.8 Å². The molecule has 4 rings (SSSR count). The summed E-state index contributed by atoms with van der Waals surface area (Å²) in [5, 5.41) is 18.3. The van der Waals surface area contributed by atoms with Gasteiger partial charge >= 0.3 is 17.9 Å². The van der Waals surface area contributed by atoms with Crippen molar-refractivity contribution in [1.29, 1.82) is 0 Å². The highest BCUT2D eigenvalue weighted by Crippen LogP contribution is 2.63. The Bertz CT molecular complexity index is 992. The number of epoxide rings is 1. The Hall–Kier alpha value is -2.75. The second kappa shape index (κ2) is 9.13. The Morgan fingerprint density at radius 1 is 1.21 bits per heavy atom. The molecule has 0 aromatic rings. The summed E-state index contributed by atoms with van der Waals surface area (Å²) < 4.78 is 22.6. The highest BCUT2D eigenvalue weighted by molar-refractivity contribution is 5.93. The number of hydrogen-bond acceptors (Lipinski definition) is 9. The maximum atomic E-state index is 13.0. The largest absolute Gasteiger partial charge is 0.458 e. The molecule has 0 spiro atoms. The van der Waals surface area contributed by atoms with E-state index in [0.29, 0.717) is 6.42 Å². The van der Waals surface area contributed by atoms with E-state index in [-0.39, 0.29) is 41.3 Å². The molecular weight excluding hydrogens is 444 g/mol. The first kappa shape index (κ1) is 24.4. The molecule has 184 valence electrons. The van der Waals surface area contributed by atoms with E-state index in [4.69, 9.17) is 24.1 Å². The molecule has 9 nitrogen and oxygen atoms in total. The van der Waals surface area contributed by atoms with E-state index >= 15 is 0 Å². The fraction of sp³-hybridized carbons (Fsp3) is 0.560.